The van der Waals surface area contributed by atoms with Crippen LogP contribution in [0.1, 0.15) is 40.3 Å². The monoisotopic (exact) mass is 375 g/mol. The molecule has 138 valence electrons. The average molecular weight is 375 g/mol. The zero-order chi connectivity index (χ0) is 19.1. The SMILES string of the molecule is CC(=O)N[C@@H](CS[C@@H](CC(=O)c1ccco1)c1ccc(C)cc1)C(=O)O. The predicted octanol–water partition coefficient (Wildman–Crippen LogP) is 3.22. The lowest BCUT2D eigenvalue weighted by Gasteiger charge is -2.19. The number of nitrogens with one attached hydrogen (secondary N) is 1. The molecule has 1 aromatic carbocycles. The van der Waals surface area contributed by atoms with Crippen LogP contribution in [0.3, 0.4) is 0 Å². The maximum Gasteiger partial charge on any atom is 0.327 e. The number of aryl methyl sites for hydroxylation is 1. The van der Waals surface area contributed by atoms with Crippen LogP contribution in [0.5, 0.6) is 0 Å². The number of aliphatic carboxylic acids is 1. The molecular formula is C19H21NO5S. The Morgan fingerprint density at radius 2 is 1.88 bits per heavy atom. The van der Waals surface area contributed by atoms with Gasteiger partial charge in [0.05, 0.1) is 6.26 Å². The highest BCUT2D eigenvalue weighted by Crippen LogP contribution is 2.34. The number of amides is 1. The fraction of sp³-hybridized carbons (Fsp3) is 0.316. The van der Waals surface area contributed by atoms with Crippen LogP contribution in [-0.4, -0.2) is 34.6 Å². The van der Waals surface area contributed by atoms with Crippen LogP contribution in [0.2, 0.25) is 0 Å². The Morgan fingerprint density at radius 1 is 1.19 bits per heavy atom. The molecule has 2 aromatic rings. The molecule has 1 heterocycles. The second-order valence-corrected chi connectivity index (χ2v) is 7.16. The number of rotatable bonds is 9. The number of carbonyl (C=O) groups excluding carboxylic acids is 2. The summed E-state index contributed by atoms with van der Waals surface area (Å²) in [6.07, 6.45) is 1.62. The minimum Gasteiger partial charge on any atom is -0.480 e. The molecule has 0 saturated carbocycles. The van der Waals surface area contributed by atoms with E-state index in [0.717, 1.165) is 11.1 Å². The lowest BCUT2D eigenvalue weighted by atomic mass is 10.0. The topological polar surface area (TPSA) is 96.6 Å². The van der Waals surface area contributed by atoms with E-state index in [1.54, 1.807) is 12.1 Å². The lowest BCUT2D eigenvalue weighted by Crippen LogP contribution is -2.41. The van der Waals surface area contributed by atoms with E-state index < -0.39 is 17.9 Å². The second kappa shape index (κ2) is 9.24. The molecule has 2 atom stereocenters. The Bertz CT molecular complexity index is 755. The van der Waals surface area contributed by atoms with Gasteiger partial charge in [-0.1, -0.05) is 29.8 Å². The number of carbonyl (C=O) groups is 3. The summed E-state index contributed by atoms with van der Waals surface area (Å²) in [5, 5.41) is 11.4. The van der Waals surface area contributed by atoms with E-state index in [-0.39, 0.29) is 29.0 Å². The zero-order valence-electron chi connectivity index (χ0n) is 14.6. The van der Waals surface area contributed by atoms with Crippen molar-refractivity contribution in [1.29, 1.82) is 0 Å². The van der Waals surface area contributed by atoms with Gasteiger partial charge in [0.15, 0.2) is 11.5 Å². The summed E-state index contributed by atoms with van der Waals surface area (Å²) in [7, 11) is 0. The predicted molar refractivity (Wildman–Crippen MR) is 99.3 cm³/mol. The third kappa shape index (κ3) is 5.77. The highest BCUT2D eigenvalue weighted by atomic mass is 32.2. The Kier molecular flexibility index (Phi) is 7.03. The minimum atomic E-state index is -1.10. The van der Waals surface area contributed by atoms with Gasteiger partial charge < -0.3 is 14.8 Å². The van der Waals surface area contributed by atoms with Crippen molar-refractivity contribution >= 4 is 29.4 Å². The van der Waals surface area contributed by atoms with Crippen molar-refractivity contribution in [3.05, 3.63) is 59.5 Å². The molecule has 1 aromatic heterocycles. The highest BCUT2D eigenvalue weighted by Gasteiger charge is 2.24. The molecule has 0 saturated heterocycles. The smallest absolute Gasteiger partial charge is 0.327 e. The van der Waals surface area contributed by atoms with Gasteiger partial charge in [0.1, 0.15) is 6.04 Å². The van der Waals surface area contributed by atoms with Crippen LogP contribution in [0.15, 0.2) is 47.1 Å². The standard InChI is InChI=1S/C19H21NO5S/c1-12-5-7-14(8-6-12)18(10-16(22)17-4-3-9-25-17)26-11-15(19(23)24)20-13(2)21/h3-9,15,18H,10-11H2,1-2H3,(H,20,21)(H,23,24)/t15-,18-/m0/s1. The van der Waals surface area contributed by atoms with E-state index in [4.69, 9.17) is 4.42 Å². The van der Waals surface area contributed by atoms with Crippen LogP contribution in [0, 0.1) is 6.92 Å². The van der Waals surface area contributed by atoms with Crippen LogP contribution < -0.4 is 5.32 Å². The molecule has 0 aliphatic carbocycles. The summed E-state index contributed by atoms with van der Waals surface area (Å²) < 4.78 is 5.16. The van der Waals surface area contributed by atoms with E-state index in [2.05, 4.69) is 5.32 Å². The Balaban J connectivity index is 2.14. The number of Topliss-reactive ketones (excluding diaryl/α,β-unsaturated/α-hetero) is 1. The van der Waals surface area contributed by atoms with Crippen molar-refractivity contribution in [2.24, 2.45) is 0 Å². The Labute approximate surface area is 156 Å². The first-order valence-corrected chi connectivity index (χ1v) is 9.16. The van der Waals surface area contributed by atoms with Gasteiger partial charge in [0, 0.05) is 24.3 Å². The molecule has 0 spiro atoms. The Morgan fingerprint density at radius 3 is 2.42 bits per heavy atom. The van der Waals surface area contributed by atoms with Crippen LogP contribution in [0.25, 0.3) is 0 Å². The highest BCUT2D eigenvalue weighted by molar-refractivity contribution is 7.99. The van der Waals surface area contributed by atoms with Gasteiger partial charge in [0.2, 0.25) is 5.91 Å². The first-order valence-electron chi connectivity index (χ1n) is 8.11. The summed E-state index contributed by atoms with van der Waals surface area (Å²) in [5.41, 5.74) is 2.02. The number of carboxylic acids is 1. The van der Waals surface area contributed by atoms with Gasteiger partial charge >= 0.3 is 5.97 Å². The van der Waals surface area contributed by atoms with Gasteiger partial charge in [-0.3, -0.25) is 9.59 Å². The molecule has 0 bridgehead atoms. The summed E-state index contributed by atoms with van der Waals surface area (Å²) in [6.45, 7) is 3.25. The maximum atomic E-state index is 12.4. The fourth-order valence-corrected chi connectivity index (χ4v) is 3.66. The number of hydrogen-bond donors (Lipinski definition) is 2. The van der Waals surface area contributed by atoms with E-state index in [0.29, 0.717) is 0 Å². The van der Waals surface area contributed by atoms with Crippen molar-refractivity contribution in [2.75, 3.05) is 5.75 Å². The number of hydrogen-bond acceptors (Lipinski definition) is 5. The molecule has 2 rings (SSSR count). The lowest BCUT2D eigenvalue weighted by molar-refractivity contribution is -0.140. The van der Waals surface area contributed by atoms with E-state index in [9.17, 15) is 19.5 Å². The van der Waals surface area contributed by atoms with Crippen LogP contribution >= 0.6 is 11.8 Å². The number of thioether (sulfide) groups is 1. The molecule has 6 nitrogen and oxygen atoms in total. The van der Waals surface area contributed by atoms with Gasteiger partial charge in [-0.15, -0.1) is 0 Å². The summed E-state index contributed by atoms with van der Waals surface area (Å²) in [6, 6.07) is 10.00. The van der Waals surface area contributed by atoms with Gasteiger partial charge in [-0.05, 0) is 24.6 Å². The van der Waals surface area contributed by atoms with Crippen molar-refractivity contribution in [3.8, 4) is 0 Å². The molecule has 0 fully saturated rings. The summed E-state index contributed by atoms with van der Waals surface area (Å²) in [4.78, 5) is 34.9. The number of benzene rings is 1. The third-order valence-corrected chi connectivity index (χ3v) is 5.12. The van der Waals surface area contributed by atoms with Crippen LogP contribution in [0.4, 0.5) is 0 Å². The zero-order valence-corrected chi connectivity index (χ0v) is 15.4. The molecule has 2 N–H and O–H groups in total. The van der Waals surface area contributed by atoms with Gasteiger partial charge in [-0.2, -0.15) is 11.8 Å². The molecule has 26 heavy (non-hydrogen) atoms. The maximum absolute atomic E-state index is 12.4. The molecule has 0 radical (unpaired) electrons. The fourth-order valence-electron chi connectivity index (χ4n) is 2.39. The Hall–Kier alpha value is -2.54. The largest absolute Gasteiger partial charge is 0.480 e. The van der Waals surface area contributed by atoms with E-state index in [1.165, 1.54) is 24.9 Å². The number of furan rings is 1. The summed E-state index contributed by atoms with van der Waals surface area (Å²) in [5.74, 6) is -1.23. The normalized spacial score (nSPS) is 13.0. The van der Waals surface area contributed by atoms with Crippen molar-refractivity contribution in [2.45, 2.75) is 31.6 Å². The molecule has 0 aliphatic heterocycles. The third-order valence-electron chi connectivity index (χ3n) is 3.76. The first-order chi connectivity index (χ1) is 12.4. The first kappa shape index (κ1) is 19.8. The van der Waals surface area contributed by atoms with Gasteiger partial charge in [-0.25, -0.2) is 4.79 Å². The summed E-state index contributed by atoms with van der Waals surface area (Å²) >= 11 is 1.33. The average Bonchev–Trinajstić information content (AvgIpc) is 3.12. The van der Waals surface area contributed by atoms with Gasteiger partial charge in [0.25, 0.3) is 0 Å². The quantitative estimate of drug-likeness (QED) is 0.653. The minimum absolute atomic E-state index is 0.152. The number of carboxylic acid groups (broad SMARTS) is 1. The molecule has 1 amide bonds. The van der Waals surface area contributed by atoms with E-state index >= 15 is 0 Å². The molecule has 0 aliphatic rings. The second-order valence-electron chi connectivity index (χ2n) is 5.93. The van der Waals surface area contributed by atoms with E-state index in [1.807, 2.05) is 31.2 Å². The van der Waals surface area contributed by atoms with Crippen molar-refractivity contribution in [3.63, 3.8) is 0 Å². The van der Waals surface area contributed by atoms with Crippen molar-refractivity contribution in [1.82, 2.24) is 5.32 Å². The van der Waals surface area contributed by atoms with Crippen LogP contribution in [-0.2, 0) is 9.59 Å². The van der Waals surface area contributed by atoms with Crippen molar-refractivity contribution < 1.29 is 23.9 Å². The molecule has 0 unspecified atom stereocenters. The molecular weight excluding hydrogens is 354 g/mol. The number of ketones is 1. The molecule has 7 heteroatoms.